The number of para-hydroxylation sites is 1. The van der Waals surface area contributed by atoms with Crippen molar-refractivity contribution < 1.29 is 21.5 Å². The summed E-state index contributed by atoms with van der Waals surface area (Å²) in [5, 5.41) is 0. The zero-order valence-electron chi connectivity index (χ0n) is 11.5. The van der Waals surface area contributed by atoms with Crippen molar-refractivity contribution in [3.05, 3.63) is 36.9 Å². The minimum absolute atomic E-state index is 0.00783. The van der Waals surface area contributed by atoms with E-state index < -0.39 is 21.9 Å². The number of anilines is 1. The lowest BCUT2D eigenvalue weighted by Gasteiger charge is -2.19. The fourth-order valence-corrected chi connectivity index (χ4v) is 3.46. The van der Waals surface area contributed by atoms with Crippen LogP contribution in [0.3, 0.4) is 0 Å². The average Bonchev–Trinajstić information content (AvgIpc) is 3.07. The van der Waals surface area contributed by atoms with Gasteiger partial charge in [-0.1, -0.05) is 12.1 Å². The van der Waals surface area contributed by atoms with Gasteiger partial charge in [0.1, 0.15) is 0 Å². The highest BCUT2D eigenvalue weighted by Gasteiger charge is 2.34. The normalized spacial score (nSPS) is 18.9. The number of carbonyl (C=O) groups excluding carboxylic acids is 1. The van der Waals surface area contributed by atoms with E-state index in [4.69, 9.17) is 4.42 Å². The van der Waals surface area contributed by atoms with Gasteiger partial charge >= 0.3 is 10.2 Å². The molecule has 0 spiro atoms. The topological polar surface area (TPSA) is 80.5 Å². The molecule has 0 saturated carbocycles. The van der Waals surface area contributed by atoms with Crippen molar-refractivity contribution in [1.82, 2.24) is 4.98 Å². The van der Waals surface area contributed by atoms with E-state index in [0.29, 0.717) is 17.0 Å². The van der Waals surface area contributed by atoms with E-state index in [-0.39, 0.29) is 18.9 Å². The Balaban J connectivity index is 1.91. The molecule has 1 aromatic heterocycles. The first-order valence-corrected chi connectivity index (χ1v) is 8.20. The Morgan fingerprint density at radius 3 is 2.82 bits per heavy atom. The fraction of sp³-hybridized carbons (Fsp3) is 0.286. The monoisotopic (exact) mass is 324 g/mol. The zero-order valence-corrected chi connectivity index (χ0v) is 12.3. The molecule has 6 nitrogen and oxygen atoms in total. The van der Waals surface area contributed by atoms with Crippen molar-refractivity contribution in [1.29, 1.82) is 0 Å². The van der Waals surface area contributed by atoms with Gasteiger partial charge in [0.2, 0.25) is 5.91 Å². The number of hydrogen-bond acceptors (Lipinski definition) is 5. The Hall–Kier alpha value is -2.22. The summed E-state index contributed by atoms with van der Waals surface area (Å²) in [5.41, 5.74) is 1.28. The van der Waals surface area contributed by atoms with Crippen LogP contribution < -0.4 is 4.90 Å². The lowest BCUT2D eigenvalue weighted by atomic mass is 10.1. The van der Waals surface area contributed by atoms with Crippen LogP contribution in [0.25, 0.3) is 11.3 Å². The molecule has 116 valence electrons. The van der Waals surface area contributed by atoms with Gasteiger partial charge in [0.25, 0.3) is 0 Å². The van der Waals surface area contributed by atoms with E-state index in [1.165, 1.54) is 17.5 Å². The molecule has 1 atom stereocenters. The van der Waals surface area contributed by atoms with Gasteiger partial charge in [0.05, 0.1) is 17.6 Å². The molecule has 1 fully saturated rings. The molecule has 1 unspecified atom stereocenters. The van der Waals surface area contributed by atoms with Crippen molar-refractivity contribution in [2.45, 2.75) is 6.42 Å². The smallest absolute Gasteiger partial charge is 0.302 e. The maximum Gasteiger partial charge on any atom is 0.302 e. The lowest BCUT2D eigenvalue weighted by Crippen LogP contribution is -2.25. The number of rotatable bonds is 4. The minimum Gasteiger partial charge on any atom is -0.443 e. The summed E-state index contributed by atoms with van der Waals surface area (Å²) in [6, 6.07) is 7.08. The van der Waals surface area contributed by atoms with Crippen LogP contribution in [0.5, 0.6) is 0 Å². The van der Waals surface area contributed by atoms with Gasteiger partial charge in [0.15, 0.2) is 12.2 Å². The molecule has 8 heteroatoms. The second-order valence-electron chi connectivity index (χ2n) is 5.16. The minimum atomic E-state index is -4.60. The van der Waals surface area contributed by atoms with Crippen LogP contribution >= 0.6 is 0 Å². The molecule has 1 aliphatic heterocycles. The number of halogens is 1. The molecule has 1 amide bonds. The van der Waals surface area contributed by atoms with Crippen molar-refractivity contribution in [2.24, 2.45) is 5.92 Å². The quantitative estimate of drug-likeness (QED) is 0.804. The first-order chi connectivity index (χ1) is 10.4. The van der Waals surface area contributed by atoms with Crippen LogP contribution in [0.15, 0.2) is 41.3 Å². The molecule has 2 heterocycles. The Morgan fingerprint density at radius 1 is 1.36 bits per heavy atom. The summed E-state index contributed by atoms with van der Waals surface area (Å²) >= 11 is 0. The molecule has 0 N–H and O–H groups in total. The summed E-state index contributed by atoms with van der Waals surface area (Å²) in [7, 11) is -4.60. The lowest BCUT2D eigenvalue weighted by molar-refractivity contribution is -0.117. The number of nitrogens with zero attached hydrogens (tertiary/aromatic N) is 2. The van der Waals surface area contributed by atoms with Crippen LogP contribution in [0.4, 0.5) is 9.57 Å². The van der Waals surface area contributed by atoms with Crippen LogP contribution in [0, 0.1) is 5.92 Å². The highest BCUT2D eigenvalue weighted by Crippen LogP contribution is 2.34. The highest BCUT2D eigenvalue weighted by atomic mass is 32.3. The molecule has 0 aliphatic carbocycles. The van der Waals surface area contributed by atoms with Crippen LogP contribution in [-0.2, 0) is 15.0 Å². The van der Waals surface area contributed by atoms with Crippen molar-refractivity contribution in [2.75, 3.05) is 17.2 Å². The van der Waals surface area contributed by atoms with Gasteiger partial charge in [-0.05, 0) is 12.1 Å². The van der Waals surface area contributed by atoms with Crippen LogP contribution in [0.1, 0.15) is 6.42 Å². The second kappa shape index (κ2) is 5.53. The summed E-state index contributed by atoms with van der Waals surface area (Å²) in [6.07, 6.45) is 2.83. The molecule has 3 rings (SSSR count). The van der Waals surface area contributed by atoms with Gasteiger partial charge in [-0.25, -0.2) is 4.98 Å². The van der Waals surface area contributed by atoms with Gasteiger partial charge in [-0.2, -0.15) is 8.42 Å². The first kappa shape index (κ1) is 14.7. The largest absolute Gasteiger partial charge is 0.443 e. The Labute approximate surface area is 126 Å². The second-order valence-corrected chi connectivity index (χ2v) is 6.57. The Morgan fingerprint density at radius 2 is 2.14 bits per heavy atom. The molecule has 2 aromatic rings. The van der Waals surface area contributed by atoms with Gasteiger partial charge in [0, 0.05) is 24.4 Å². The predicted octanol–water partition coefficient (Wildman–Crippen LogP) is 1.99. The predicted molar refractivity (Wildman–Crippen MR) is 77.3 cm³/mol. The van der Waals surface area contributed by atoms with Crippen molar-refractivity contribution in [3.8, 4) is 11.3 Å². The number of oxazole rings is 1. The van der Waals surface area contributed by atoms with Crippen LogP contribution in [0.2, 0.25) is 0 Å². The van der Waals surface area contributed by atoms with Gasteiger partial charge < -0.3 is 9.32 Å². The SMILES string of the molecule is O=C1CC(CS(=O)(=O)F)CN1c1ccccc1-c1cnco1. The molecular weight excluding hydrogens is 311 g/mol. The third-order valence-corrected chi connectivity index (χ3v) is 4.40. The standard InChI is InChI=1S/C14H13FN2O4S/c15-22(19,20)8-10-5-14(18)17(7-10)12-4-2-1-3-11(12)13-6-16-9-21-13/h1-4,6,9-10H,5,7-8H2. The Kier molecular flexibility index (Phi) is 3.69. The molecule has 1 aromatic carbocycles. The molecule has 1 saturated heterocycles. The third kappa shape index (κ3) is 3.01. The van der Waals surface area contributed by atoms with E-state index in [0.717, 1.165) is 0 Å². The average molecular weight is 324 g/mol. The number of carbonyl (C=O) groups is 1. The number of amides is 1. The van der Waals surface area contributed by atoms with Gasteiger partial charge in [-0.3, -0.25) is 4.79 Å². The number of aromatic nitrogens is 1. The molecule has 22 heavy (non-hydrogen) atoms. The fourth-order valence-electron chi connectivity index (χ4n) is 2.67. The zero-order chi connectivity index (χ0) is 15.7. The maximum atomic E-state index is 12.8. The van der Waals surface area contributed by atoms with Crippen LogP contribution in [-0.4, -0.2) is 31.6 Å². The molecule has 0 radical (unpaired) electrons. The summed E-state index contributed by atoms with van der Waals surface area (Å²) in [4.78, 5) is 17.5. The van der Waals surface area contributed by atoms with E-state index in [1.807, 2.05) is 0 Å². The Bertz CT molecular complexity index is 789. The molecular formula is C14H13FN2O4S. The highest BCUT2D eigenvalue weighted by molar-refractivity contribution is 7.86. The van der Waals surface area contributed by atoms with Crippen molar-refractivity contribution >= 4 is 21.8 Å². The van der Waals surface area contributed by atoms with E-state index in [1.54, 1.807) is 24.3 Å². The maximum absolute atomic E-state index is 12.8. The first-order valence-electron chi connectivity index (χ1n) is 6.64. The third-order valence-electron chi connectivity index (χ3n) is 3.53. The van der Waals surface area contributed by atoms with E-state index in [9.17, 15) is 17.1 Å². The van der Waals surface area contributed by atoms with E-state index >= 15 is 0 Å². The summed E-state index contributed by atoms with van der Waals surface area (Å²) in [6.45, 7) is 0.160. The van der Waals surface area contributed by atoms with Crippen molar-refractivity contribution in [3.63, 3.8) is 0 Å². The molecule has 1 aliphatic rings. The summed E-state index contributed by atoms with van der Waals surface area (Å²) in [5.74, 6) is -0.921. The molecule has 0 bridgehead atoms. The number of benzene rings is 1. The summed E-state index contributed by atoms with van der Waals surface area (Å²) < 4.78 is 39.6. The number of hydrogen-bond donors (Lipinski definition) is 0. The van der Waals surface area contributed by atoms with Gasteiger partial charge in [-0.15, -0.1) is 3.89 Å². The van der Waals surface area contributed by atoms with E-state index in [2.05, 4.69) is 4.98 Å².